The smallest absolute Gasteiger partial charge is 0.00202 e. The maximum atomic E-state index is 3.74. The summed E-state index contributed by atoms with van der Waals surface area (Å²) in [6.45, 7) is 4.96. The van der Waals surface area contributed by atoms with Crippen LogP contribution in [0.5, 0.6) is 0 Å². The van der Waals surface area contributed by atoms with Crippen LogP contribution in [-0.4, -0.2) is 38.1 Å². The van der Waals surface area contributed by atoms with Crippen molar-refractivity contribution in [3.8, 4) is 0 Å². The van der Waals surface area contributed by atoms with Crippen LogP contribution in [0.1, 0.15) is 49.1 Å². The lowest BCUT2D eigenvalue weighted by Crippen LogP contribution is -2.32. The van der Waals surface area contributed by atoms with Gasteiger partial charge in [-0.05, 0) is 88.2 Å². The second-order valence-corrected chi connectivity index (χ2v) is 7.03. The van der Waals surface area contributed by atoms with Crippen LogP contribution in [0.25, 0.3) is 0 Å². The van der Waals surface area contributed by atoms with Gasteiger partial charge in [-0.25, -0.2) is 0 Å². The Morgan fingerprint density at radius 3 is 2.81 bits per heavy atom. The Labute approximate surface area is 129 Å². The second-order valence-electron chi connectivity index (χ2n) is 7.03. The van der Waals surface area contributed by atoms with Gasteiger partial charge in [0.15, 0.2) is 0 Å². The molecule has 21 heavy (non-hydrogen) atoms. The summed E-state index contributed by atoms with van der Waals surface area (Å²) >= 11 is 0. The van der Waals surface area contributed by atoms with Gasteiger partial charge in [0.05, 0.1) is 0 Å². The van der Waals surface area contributed by atoms with E-state index in [0.29, 0.717) is 0 Å². The van der Waals surface area contributed by atoms with E-state index in [0.717, 1.165) is 11.8 Å². The average Bonchev–Trinajstić information content (AvgIpc) is 2.53. The molecular formula is C19H30N2. The van der Waals surface area contributed by atoms with Gasteiger partial charge in [0, 0.05) is 6.54 Å². The summed E-state index contributed by atoms with van der Waals surface area (Å²) in [5, 5.41) is 3.74. The normalized spacial score (nSPS) is 24.0. The third-order valence-corrected chi connectivity index (χ3v) is 5.45. The zero-order valence-electron chi connectivity index (χ0n) is 13.5. The zero-order valence-corrected chi connectivity index (χ0v) is 13.5. The summed E-state index contributed by atoms with van der Waals surface area (Å²) in [7, 11) is 2.25. The van der Waals surface area contributed by atoms with E-state index in [2.05, 4.69) is 41.5 Å². The van der Waals surface area contributed by atoms with Gasteiger partial charge in [-0.15, -0.1) is 0 Å². The van der Waals surface area contributed by atoms with Crippen molar-refractivity contribution in [1.29, 1.82) is 0 Å². The van der Waals surface area contributed by atoms with Crippen molar-refractivity contribution >= 4 is 0 Å². The van der Waals surface area contributed by atoms with E-state index in [1.54, 1.807) is 11.1 Å². The summed E-state index contributed by atoms with van der Waals surface area (Å²) in [5.41, 5.74) is 3.20. The van der Waals surface area contributed by atoms with Crippen molar-refractivity contribution in [2.45, 2.75) is 44.4 Å². The van der Waals surface area contributed by atoms with Crippen molar-refractivity contribution in [3.63, 3.8) is 0 Å². The molecule has 0 spiro atoms. The average molecular weight is 286 g/mol. The highest BCUT2D eigenvalue weighted by Gasteiger charge is 2.20. The predicted molar refractivity (Wildman–Crippen MR) is 89.8 cm³/mol. The molecule has 1 aromatic carbocycles. The van der Waals surface area contributed by atoms with Crippen LogP contribution in [0.3, 0.4) is 0 Å². The molecular weight excluding hydrogens is 256 g/mol. The van der Waals surface area contributed by atoms with Gasteiger partial charge in [0.1, 0.15) is 0 Å². The molecule has 0 saturated carbocycles. The molecule has 1 fully saturated rings. The number of aryl methyl sites for hydroxylation is 1. The molecule has 0 radical (unpaired) electrons. The molecule has 2 nitrogen and oxygen atoms in total. The first kappa shape index (κ1) is 15.1. The first-order chi connectivity index (χ1) is 10.3. The molecule has 116 valence electrons. The fraction of sp³-hybridized carbons (Fsp3) is 0.684. The lowest BCUT2D eigenvalue weighted by molar-refractivity contribution is 0.211. The molecule has 1 heterocycles. The highest BCUT2D eigenvalue weighted by atomic mass is 15.1. The topological polar surface area (TPSA) is 15.3 Å². The molecule has 0 bridgehead atoms. The van der Waals surface area contributed by atoms with Gasteiger partial charge in [-0.3, -0.25) is 0 Å². The third kappa shape index (κ3) is 4.08. The van der Waals surface area contributed by atoms with E-state index in [4.69, 9.17) is 0 Å². The fourth-order valence-corrected chi connectivity index (χ4v) is 4.00. The van der Waals surface area contributed by atoms with Gasteiger partial charge in [-0.1, -0.05) is 24.3 Å². The van der Waals surface area contributed by atoms with Crippen LogP contribution in [0, 0.1) is 5.92 Å². The van der Waals surface area contributed by atoms with Gasteiger partial charge in [-0.2, -0.15) is 0 Å². The van der Waals surface area contributed by atoms with Crippen LogP contribution in [-0.2, 0) is 6.42 Å². The Morgan fingerprint density at radius 2 is 1.95 bits per heavy atom. The first-order valence-electron chi connectivity index (χ1n) is 8.80. The molecule has 2 aliphatic rings. The monoisotopic (exact) mass is 286 g/mol. The van der Waals surface area contributed by atoms with E-state index in [1.165, 1.54) is 64.7 Å². The fourth-order valence-electron chi connectivity index (χ4n) is 4.00. The molecule has 1 N–H and O–H groups in total. The number of rotatable bonds is 5. The van der Waals surface area contributed by atoms with E-state index >= 15 is 0 Å². The standard InChI is InChI=1S/C19H30N2/c1-21-13-10-16(11-14-21)9-12-20-15-18-7-4-6-17-5-2-3-8-19(17)18/h2-3,5,8,16,18,20H,4,6-7,9-15H2,1H3. The van der Waals surface area contributed by atoms with Gasteiger partial charge in [0.2, 0.25) is 0 Å². The van der Waals surface area contributed by atoms with Crippen LogP contribution in [0.2, 0.25) is 0 Å². The lowest BCUT2D eigenvalue weighted by Gasteiger charge is -2.29. The molecule has 1 aliphatic heterocycles. The number of hydrogen-bond donors (Lipinski definition) is 1. The molecule has 0 amide bonds. The summed E-state index contributed by atoms with van der Waals surface area (Å²) < 4.78 is 0. The Kier molecular flexibility index (Phi) is 5.32. The molecule has 0 aromatic heterocycles. The van der Waals surface area contributed by atoms with Gasteiger partial charge in [0.25, 0.3) is 0 Å². The molecule has 3 rings (SSSR count). The van der Waals surface area contributed by atoms with E-state index < -0.39 is 0 Å². The van der Waals surface area contributed by atoms with Crippen LogP contribution in [0.15, 0.2) is 24.3 Å². The number of nitrogens with zero attached hydrogens (tertiary/aromatic N) is 1. The summed E-state index contributed by atoms with van der Waals surface area (Å²) in [6.07, 6.45) is 8.15. The maximum absolute atomic E-state index is 3.74. The Hall–Kier alpha value is -0.860. The molecule has 1 aromatic rings. The minimum atomic E-state index is 0.743. The molecule has 1 atom stereocenters. The molecule has 2 heteroatoms. The highest BCUT2D eigenvalue weighted by Crippen LogP contribution is 2.30. The number of benzene rings is 1. The van der Waals surface area contributed by atoms with Crippen molar-refractivity contribution in [3.05, 3.63) is 35.4 Å². The first-order valence-corrected chi connectivity index (χ1v) is 8.80. The maximum Gasteiger partial charge on any atom is 0.00202 e. The van der Waals surface area contributed by atoms with E-state index in [9.17, 15) is 0 Å². The largest absolute Gasteiger partial charge is 0.316 e. The van der Waals surface area contributed by atoms with Crippen LogP contribution in [0.4, 0.5) is 0 Å². The number of nitrogens with one attached hydrogen (secondary N) is 1. The lowest BCUT2D eigenvalue weighted by atomic mass is 9.83. The number of fused-ring (bicyclic) bond motifs is 1. The predicted octanol–water partition coefficient (Wildman–Crippen LogP) is 3.43. The second kappa shape index (κ2) is 7.42. The van der Waals surface area contributed by atoms with E-state index in [1.807, 2.05) is 0 Å². The van der Waals surface area contributed by atoms with Crippen molar-refractivity contribution in [2.24, 2.45) is 5.92 Å². The highest BCUT2D eigenvalue weighted by molar-refractivity contribution is 5.32. The van der Waals surface area contributed by atoms with Gasteiger partial charge < -0.3 is 10.2 Å². The van der Waals surface area contributed by atoms with Crippen molar-refractivity contribution in [2.75, 3.05) is 33.2 Å². The third-order valence-electron chi connectivity index (χ3n) is 5.45. The minimum Gasteiger partial charge on any atom is -0.316 e. The Balaban J connectivity index is 1.40. The zero-order chi connectivity index (χ0) is 14.5. The molecule has 1 saturated heterocycles. The summed E-state index contributed by atoms with van der Waals surface area (Å²) in [6, 6.07) is 9.06. The number of piperidine rings is 1. The van der Waals surface area contributed by atoms with Gasteiger partial charge >= 0.3 is 0 Å². The number of likely N-dealkylation sites (tertiary alicyclic amines) is 1. The van der Waals surface area contributed by atoms with Crippen LogP contribution < -0.4 is 5.32 Å². The van der Waals surface area contributed by atoms with Crippen LogP contribution >= 0.6 is 0 Å². The van der Waals surface area contributed by atoms with Crippen molar-refractivity contribution in [1.82, 2.24) is 10.2 Å². The van der Waals surface area contributed by atoms with Crippen molar-refractivity contribution < 1.29 is 0 Å². The summed E-state index contributed by atoms with van der Waals surface area (Å²) in [5.74, 6) is 1.69. The summed E-state index contributed by atoms with van der Waals surface area (Å²) in [4.78, 5) is 2.46. The Morgan fingerprint density at radius 1 is 1.14 bits per heavy atom. The quantitative estimate of drug-likeness (QED) is 0.834. The SMILES string of the molecule is CN1CCC(CCNCC2CCCc3ccccc32)CC1. The van der Waals surface area contributed by atoms with E-state index in [-0.39, 0.29) is 0 Å². The number of hydrogen-bond acceptors (Lipinski definition) is 2. The molecule has 1 unspecified atom stereocenters. The molecule has 1 aliphatic carbocycles. The minimum absolute atomic E-state index is 0.743. The Bertz CT molecular complexity index is 435.